The van der Waals surface area contributed by atoms with Crippen LogP contribution in [0.3, 0.4) is 0 Å². The molecule has 2 rings (SSSR count). The Kier molecular flexibility index (Phi) is 6.81. The topological polar surface area (TPSA) is 30.5 Å². The average Bonchev–Trinajstić information content (AvgIpc) is 2.93. The monoisotopic (exact) mass is 311 g/mol. The third-order valence-corrected chi connectivity index (χ3v) is 3.86. The van der Waals surface area contributed by atoms with Crippen LogP contribution in [0.2, 0.25) is 5.02 Å². The van der Waals surface area contributed by atoms with Gasteiger partial charge in [-0.1, -0.05) is 25.4 Å². The Morgan fingerprint density at radius 3 is 2.95 bits per heavy atom. The van der Waals surface area contributed by atoms with Crippen molar-refractivity contribution < 1.29 is 9.47 Å². The van der Waals surface area contributed by atoms with Crippen molar-refractivity contribution in [1.29, 1.82) is 0 Å². The van der Waals surface area contributed by atoms with Crippen molar-refractivity contribution in [2.75, 3.05) is 26.4 Å². The molecule has 0 fully saturated rings. The molecule has 0 saturated heterocycles. The quantitative estimate of drug-likeness (QED) is 0.707. The first-order chi connectivity index (χ1) is 10.2. The van der Waals surface area contributed by atoms with Gasteiger partial charge in [-0.15, -0.1) is 0 Å². The van der Waals surface area contributed by atoms with Crippen LogP contribution in [-0.4, -0.2) is 32.4 Å². The minimum atomic E-state index is 0.309. The summed E-state index contributed by atoms with van der Waals surface area (Å²) in [7, 11) is 0. The summed E-state index contributed by atoms with van der Waals surface area (Å²) in [5.41, 5.74) is 2.44. The maximum Gasteiger partial charge on any atom is 0.125 e. The van der Waals surface area contributed by atoms with Gasteiger partial charge in [0.2, 0.25) is 0 Å². The molecule has 0 saturated carbocycles. The van der Waals surface area contributed by atoms with Gasteiger partial charge in [0.05, 0.1) is 13.2 Å². The zero-order valence-electron chi connectivity index (χ0n) is 13.1. The standard InChI is InChI=1S/C17H26ClNO2/c1-3-6-19-16(12-20-7-4-2)11-14-10-15(18)9-13-5-8-21-17(13)14/h9-10,16,19H,3-8,11-12H2,1-2H3. The van der Waals surface area contributed by atoms with Crippen LogP contribution in [0.15, 0.2) is 12.1 Å². The maximum absolute atomic E-state index is 6.24. The summed E-state index contributed by atoms with van der Waals surface area (Å²) in [6, 6.07) is 4.37. The van der Waals surface area contributed by atoms with Crippen LogP contribution >= 0.6 is 11.6 Å². The lowest BCUT2D eigenvalue weighted by atomic mass is 10.0. The molecule has 4 heteroatoms. The van der Waals surface area contributed by atoms with Crippen molar-refractivity contribution in [1.82, 2.24) is 5.32 Å². The van der Waals surface area contributed by atoms with Crippen molar-refractivity contribution in [2.24, 2.45) is 0 Å². The number of fused-ring (bicyclic) bond motifs is 1. The third-order valence-electron chi connectivity index (χ3n) is 3.64. The van der Waals surface area contributed by atoms with Gasteiger partial charge in [-0.3, -0.25) is 0 Å². The molecule has 0 aromatic heterocycles. The van der Waals surface area contributed by atoms with Crippen molar-refractivity contribution in [3.8, 4) is 5.75 Å². The van der Waals surface area contributed by atoms with Crippen LogP contribution < -0.4 is 10.1 Å². The summed E-state index contributed by atoms with van der Waals surface area (Å²) in [6.45, 7) is 7.62. The molecule has 0 radical (unpaired) electrons. The highest BCUT2D eigenvalue weighted by atomic mass is 35.5. The highest BCUT2D eigenvalue weighted by Gasteiger charge is 2.20. The van der Waals surface area contributed by atoms with Gasteiger partial charge < -0.3 is 14.8 Å². The summed E-state index contributed by atoms with van der Waals surface area (Å²) in [5, 5.41) is 4.37. The van der Waals surface area contributed by atoms with E-state index in [1.54, 1.807) is 0 Å². The lowest BCUT2D eigenvalue weighted by molar-refractivity contribution is 0.111. The third kappa shape index (κ3) is 4.87. The fourth-order valence-corrected chi connectivity index (χ4v) is 2.93. The van der Waals surface area contributed by atoms with Gasteiger partial charge in [-0.2, -0.15) is 0 Å². The molecule has 21 heavy (non-hydrogen) atoms. The van der Waals surface area contributed by atoms with Gasteiger partial charge in [0.25, 0.3) is 0 Å². The molecule has 0 aliphatic carbocycles. The molecule has 1 unspecified atom stereocenters. The first kappa shape index (κ1) is 16.6. The van der Waals surface area contributed by atoms with Crippen LogP contribution in [0, 0.1) is 0 Å². The Morgan fingerprint density at radius 1 is 1.33 bits per heavy atom. The lowest BCUT2D eigenvalue weighted by Crippen LogP contribution is -2.36. The summed E-state index contributed by atoms with van der Waals surface area (Å²) in [4.78, 5) is 0. The van der Waals surface area contributed by atoms with Crippen molar-refractivity contribution in [3.63, 3.8) is 0 Å². The molecule has 1 N–H and O–H groups in total. The number of nitrogens with one attached hydrogen (secondary N) is 1. The molecule has 1 heterocycles. The largest absolute Gasteiger partial charge is 0.493 e. The van der Waals surface area contributed by atoms with Gasteiger partial charge in [0, 0.05) is 24.1 Å². The molecular formula is C17H26ClNO2. The Hall–Kier alpha value is -0.770. The SMILES string of the molecule is CCCNC(COCCC)Cc1cc(Cl)cc2c1OCC2. The van der Waals surface area contributed by atoms with Crippen LogP contribution in [0.4, 0.5) is 0 Å². The molecule has 1 aliphatic rings. The summed E-state index contributed by atoms with van der Waals surface area (Å²) in [5.74, 6) is 1.04. The predicted molar refractivity (Wildman–Crippen MR) is 87.5 cm³/mol. The fraction of sp³-hybridized carbons (Fsp3) is 0.647. The molecule has 1 atom stereocenters. The second kappa shape index (κ2) is 8.62. The van der Waals surface area contributed by atoms with E-state index in [1.165, 1.54) is 11.1 Å². The van der Waals surface area contributed by atoms with E-state index >= 15 is 0 Å². The van der Waals surface area contributed by atoms with Gasteiger partial charge in [-0.05, 0) is 49.1 Å². The van der Waals surface area contributed by atoms with Crippen LogP contribution in [-0.2, 0) is 17.6 Å². The molecule has 0 bridgehead atoms. The van der Waals surface area contributed by atoms with Gasteiger partial charge in [0.1, 0.15) is 5.75 Å². The molecule has 118 valence electrons. The molecule has 3 nitrogen and oxygen atoms in total. The Morgan fingerprint density at radius 2 is 2.19 bits per heavy atom. The summed E-state index contributed by atoms with van der Waals surface area (Å²) in [6.07, 6.45) is 4.03. The molecular weight excluding hydrogens is 286 g/mol. The maximum atomic E-state index is 6.24. The van der Waals surface area contributed by atoms with Crippen molar-refractivity contribution in [3.05, 3.63) is 28.3 Å². The Bertz CT molecular complexity index is 451. The first-order valence-corrected chi connectivity index (χ1v) is 8.37. The van der Waals surface area contributed by atoms with E-state index in [1.807, 2.05) is 12.1 Å². The zero-order chi connectivity index (χ0) is 15.1. The predicted octanol–water partition coefficient (Wildman–Crippen LogP) is 3.61. The van der Waals surface area contributed by atoms with Crippen molar-refractivity contribution >= 4 is 11.6 Å². The summed E-state index contributed by atoms with van der Waals surface area (Å²) < 4.78 is 11.5. The number of benzene rings is 1. The van der Waals surface area contributed by atoms with E-state index in [9.17, 15) is 0 Å². The number of hydrogen-bond donors (Lipinski definition) is 1. The molecule has 0 amide bonds. The van der Waals surface area contributed by atoms with Crippen molar-refractivity contribution in [2.45, 2.75) is 45.6 Å². The number of rotatable bonds is 9. The van der Waals surface area contributed by atoms with Crippen LogP contribution in [0.5, 0.6) is 5.75 Å². The molecule has 1 aliphatic heterocycles. The fourth-order valence-electron chi connectivity index (χ4n) is 2.67. The second-order valence-electron chi connectivity index (χ2n) is 5.58. The highest BCUT2D eigenvalue weighted by Crippen LogP contribution is 2.33. The van der Waals surface area contributed by atoms with E-state index in [4.69, 9.17) is 21.1 Å². The Balaban J connectivity index is 2.04. The second-order valence-corrected chi connectivity index (χ2v) is 6.02. The minimum absolute atomic E-state index is 0.309. The van der Waals surface area contributed by atoms with E-state index in [2.05, 4.69) is 19.2 Å². The van der Waals surface area contributed by atoms with Gasteiger partial charge in [0.15, 0.2) is 0 Å². The van der Waals surface area contributed by atoms with Gasteiger partial charge in [-0.25, -0.2) is 0 Å². The number of hydrogen-bond acceptors (Lipinski definition) is 3. The van der Waals surface area contributed by atoms with Crippen LogP contribution in [0.25, 0.3) is 0 Å². The normalized spacial score (nSPS) is 14.8. The lowest BCUT2D eigenvalue weighted by Gasteiger charge is -2.20. The zero-order valence-corrected chi connectivity index (χ0v) is 13.8. The van der Waals surface area contributed by atoms with Gasteiger partial charge >= 0.3 is 0 Å². The average molecular weight is 312 g/mol. The smallest absolute Gasteiger partial charge is 0.125 e. The van der Waals surface area contributed by atoms with E-state index in [-0.39, 0.29) is 0 Å². The minimum Gasteiger partial charge on any atom is -0.493 e. The van der Waals surface area contributed by atoms with E-state index in [0.29, 0.717) is 6.04 Å². The molecule has 1 aromatic rings. The van der Waals surface area contributed by atoms with E-state index < -0.39 is 0 Å². The number of ether oxygens (including phenoxy) is 2. The highest BCUT2D eigenvalue weighted by molar-refractivity contribution is 6.30. The molecule has 0 spiro atoms. The number of halogens is 1. The molecule has 1 aromatic carbocycles. The Labute approximate surface area is 133 Å². The summed E-state index contributed by atoms with van der Waals surface area (Å²) >= 11 is 6.24. The van der Waals surface area contributed by atoms with E-state index in [0.717, 1.165) is 62.8 Å². The van der Waals surface area contributed by atoms with Crippen LogP contribution in [0.1, 0.15) is 37.8 Å². The first-order valence-electron chi connectivity index (χ1n) is 7.99.